The molecule has 2 rings (SSSR count). The van der Waals surface area contributed by atoms with Gasteiger partial charge in [0.05, 0.1) is 7.11 Å². The molecule has 19 heavy (non-hydrogen) atoms. The molecule has 3 N–H and O–H groups in total. The van der Waals surface area contributed by atoms with Crippen molar-refractivity contribution >= 4 is 5.97 Å². The van der Waals surface area contributed by atoms with Crippen LogP contribution in [0.15, 0.2) is 24.3 Å². The SMILES string of the molecule is COc1ccc(C[C@H]2[NH2+]C[C@@H](O)[C@H]2OC(C)=O)cc1. The molecule has 0 aliphatic carbocycles. The smallest absolute Gasteiger partial charge is 0.303 e. The van der Waals surface area contributed by atoms with Crippen molar-refractivity contribution in [2.24, 2.45) is 0 Å². The van der Waals surface area contributed by atoms with Gasteiger partial charge in [-0.1, -0.05) is 12.1 Å². The molecule has 1 aromatic rings. The molecule has 5 nitrogen and oxygen atoms in total. The molecule has 0 aromatic heterocycles. The van der Waals surface area contributed by atoms with E-state index in [0.717, 1.165) is 17.7 Å². The summed E-state index contributed by atoms with van der Waals surface area (Å²) < 4.78 is 10.3. The van der Waals surface area contributed by atoms with Gasteiger partial charge in [-0.3, -0.25) is 4.79 Å². The van der Waals surface area contributed by atoms with E-state index < -0.39 is 12.2 Å². The highest BCUT2D eigenvalue weighted by molar-refractivity contribution is 5.66. The van der Waals surface area contributed by atoms with Crippen LogP contribution in [0.5, 0.6) is 5.75 Å². The van der Waals surface area contributed by atoms with Crippen LogP contribution in [0.3, 0.4) is 0 Å². The molecule has 1 saturated heterocycles. The lowest BCUT2D eigenvalue weighted by Gasteiger charge is -2.18. The number of hydrogen-bond donors (Lipinski definition) is 2. The number of aliphatic hydroxyl groups is 1. The molecule has 0 spiro atoms. The summed E-state index contributed by atoms with van der Waals surface area (Å²) in [5.74, 6) is 0.467. The van der Waals surface area contributed by atoms with Crippen molar-refractivity contribution in [3.63, 3.8) is 0 Å². The molecule has 104 valence electrons. The number of carbonyl (C=O) groups excluding carboxylic acids is 1. The third kappa shape index (κ3) is 3.45. The fourth-order valence-corrected chi connectivity index (χ4v) is 2.46. The molecule has 5 heteroatoms. The number of quaternary nitrogens is 1. The van der Waals surface area contributed by atoms with Crippen molar-refractivity contribution in [1.82, 2.24) is 0 Å². The molecule has 1 aliphatic rings. The zero-order chi connectivity index (χ0) is 13.8. The lowest BCUT2D eigenvalue weighted by Crippen LogP contribution is -2.88. The largest absolute Gasteiger partial charge is 0.497 e. The molecular weight excluding hydrogens is 246 g/mol. The molecule has 0 radical (unpaired) electrons. The summed E-state index contributed by atoms with van der Waals surface area (Å²) in [5.41, 5.74) is 1.13. The first-order valence-corrected chi connectivity index (χ1v) is 6.41. The van der Waals surface area contributed by atoms with Crippen LogP contribution in [0.4, 0.5) is 0 Å². The Labute approximate surface area is 112 Å². The van der Waals surface area contributed by atoms with Crippen molar-refractivity contribution in [3.05, 3.63) is 29.8 Å². The molecule has 0 amide bonds. The summed E-state index contributed by atoms with van der Waals surface area (Å²) in [7, 11) is 1.63. The number of carbonyl (C=O) groups is 1. The topological polar surface area (TPSA) is 72.4 Å². The molecule has 3 atom stereocenters. The van der Waals surface area contributed by atoms with Crippen molar-refractivity contribution in [3.8, 4) is 5.75 Å². The summed E-state index contributed by atoms with van der Waals surface area (Å²) in [6.45, 7) is 1.94. The molecule has 0 bridgehead atoms. The van der Waals surface area contributed by atoms with Crippen LogP contribution in [0, 0.1) is 0 Å². The van der Waals surface area contributed by atoms with Gasteiger partial charge < -0.3 is 19.9 Å². The molecule has 1 aromatic carbocycles. The summed E-state index contributed by atoms with van der Waals surface area (Å²) >= 11 is 0. The lowest BCUT2D eigenvalue weighted by molar-refractivity contribution is -0.674. The highest BCUT2D eigenvalue weighted by Gasteiger charge is 2.41. The van der Waals surface area contributed by atoms with E-state index in [-0.39, 0.29) is 12.0 Å². The highest BCUT2D eigenvalue weighted by atomic mass is 16.6. The molecule has 0 unspecified atom stereocenters. The summed E-state index contributed by atoms with van der Waals surface area (Å²) in [6.07, 6.45) is -0.273. The van der Waals surface area contributed by atoms with E-state index >= 15 is 0 Å². The Hall–Kier alpha value is -1.59. The van der Waals surface area contributed by atoms with Gasteiger partial charge in [-0.25, -0.2) is 0 Å². The maximum atomic E-state index is 11.1. The van der Waals surface area contributed by atoms with Crippen LogP contribution >= 0.6 is 0 Å². The number of rotatable bonds is 4. The van der Waals surface area contributed by atoms with Crippen molar-refractivity contribution in [2.75, 3.05) is 13.7 Å². The second kappa shape index (κ2) is 6.04. The van der Waals surface area contributed by atoms with E-state index in [4.69, 9.17) is 9.47 Å². The van der Waals surface area contributed by atoms with E-state index in [2.05, 4.69) is 0 Å². The Morgan fingerprint density at radius 2 is 2.11 bits per heavy atom. The maximum absolute atomic E-state index is 11.1. The average molecular weight is 266 g/mol. The van der Waals surface area contributed by atoms with Gasteiger partial charge in [-0.2, -0.15) is 0 Å². The zero-order valence-corrected chi connectivity index (χ0v) is 11.2. The Bertz CT molecular complexity index is 432. The summed E-state index contributed by atoms with van der Waals surface area (Å²) in [4.78, 5) is 11.1. The van der Waals surface area contributed by atoms with Gasteiger partial charge >= 0.3 is 5.97 Å². The van der Waals surface area contributed by atoms with Crippen LogP contribution in [0.25, 0.3) is 0 Å². The zero-order valence-electron chi connectivity index (χ0n) is 11.2. The predicted octanol–water partition coefficient (Wildman–Crippen LogP) is -0.524. The van der Waals surface area contributed by atoms with E-state index in [1.807, 2.05) is 29.6 Å². The number of ether oxygens (including phenoxy) is 2. The normalized spacial score (nSPS) is 26.2. The van der Waals surface area contributed by atoms with E-state index in [1.54, 1.807) is 7.11 Å². The number of methoxy groups -OCH3 is 1. The highest BCUT2D eigenvalue weighted by Crippen LogP contribution is 2.16. The number of benzene rings is 1. The minimum atomic E-state index is -0.591. The number of nitrogens with two attached hydrogens (primary N) is 1. The summed E-state index contributed by atoms with van der Waals surface area (Å²) in [6, 6.07) is 7.85. The minimum Gasteiger partial charge on any atom is -0.497 e. The Balaban J connectivity index is 2.02. The van der Waals surface area contributed by atoms with Gasteiger partial charge in [-0.05, 0) is 17.7 Å². The molecule has 1 heterocycles. The van der Waals surface area contributed by atoms with Crippen LogP contribution in [0.1, 0.15) is 12.5 Å². The van der Waals surface area contributed by atoms with Gasteiger partial charge in [0.2, 0.25) is 0 Å². The summed E-state index contributed by atoms with van der Waals surface area (Å²) in [5, 5.41) is 11.9. The standard InChI is InChI=1S/C14H19NO4/c1-9(16)19-14-12(15-8-13(14)17)7-10-3-5-11(18-2)6-4-10/h3-6,12-15,17H,7-8H2,1-2H3/p+1/t12-,13-,14+/m1/s1. The minimum absolute atomic E-state index is 0.0623. The molecule has 1 fully saturated rings. The van der Waals surface area contributed by atoms with Gasteiger partial charge in [0.25, 0.3) is 0 Å². The predicted molar refractivity (Wildman–Crippen MR) is 68.8 cm³/mol. The first-order chi connectivity index (χ1) is 9.10. The van der Waals surface area contributed by atoms with E-state index in [0.29, 0.717) is 6.54 Å². The van der Waals surface area contributed by atoms with Gasteiger partial charge in [-0.15, -0.1) is 0 Å². The Kier molecular flexibility index (Phi) is 4.39. The van der Waals surface area contributed by atoms with Gasteiger partial charge in [0.15, 0.2) is 6.10 Å². The third-order valence-corrected chi connectivity index (χ3v) is 3.41. The fraction of sp³-hybridized carbons (Fsp3) is 0.500. The Morgan fingerprint density at radius 1 is 1.42 bits per heavy atom. The molecule has 1 aliphatic heterocycles. The van der Waals surface area contributed by atoms with Crippen LogP contribution < -0.4 is 10.1 Å². The van der Waals surface area contributed by atoms with E-state index in [9.17, 15) is 9.90 Å². The lowest BCUT2D eigenvalue weighted by atomic mass is 10.0. The number of hydrogen-bond acceptors (Lipinski definition) is 4. The van der Waals surface area contributed by atoms with Crippen molar-refractivity contribution < 1.29 is 24.7 Å². The number of esters is 1. The van der Waals surface area contributed by atoms with Gasteiger partial charge in [0, 0.05) is 13.3 Å². The molecular formula is C14H20NO4+. The Morgan fingerprint density at radius 3 is 2.68 bits per heavy atom. The van der Waals surface area contributed by atoms with Crippen LogP contribution in [-0.2, 0) is 16.0 Å². The molecule has 0 saturated carbocycles. The van der Waals surface area contributed by atoms with Crippen molar-refractivity contribution in [2.45, 2.75) is 31.6 Å². The van der Waals surface area contributed by atoms with Gasteiger partial charge in [0.1, 0.15) is 24.4 Å². The maximum Gasteiger partial charge on any atom is 0.303 e. The third-order valence-electron chi connectivity index (χ3n) is 3.41. The first-order valence-electron chi connectivity index (χ1n) is 6.41. The number of aliphatic hydroxyl groups excluding tert-OH is 1. The van der Waals surface area contributed by atoms with Crippen molar-refractivity contribution in [1.29, 1.82) is 0 Å². The monoisotopic (exact) mass is 266 g/mol. The first kappa shape index (κ1) is 13.8. The average Bonchev–Trinajstić information content (AvgIpc) is 2.72. The van der Waals surface area contributed by atoms with Crippen LogP contribution in [-0.4, -0.2) is 43.0 Å². The quantitative estimate of drug-likeness (QED) is 0.719. The second-order valence-electron chi connectivity index (χ2n) is 4.83. The van der Waals surface area contributed by atoms with E-state index in [1.165, 1.54) is 6.92 Å². The second-order valence-corrected chi connectivity index (χ2v) is 4.83. The van der Waals surface area contributed by atoms with Crippen LogP contribution in [0.2, 0.25) is 0 Å². The fourth-order valence-electron chi connectivity index (χ4n) is 2.46.